The predicted molar refractivity (Wildman–Crippen MR) is 73.0 cm³/mol. The molecule has 0 aliphatic carbocycles. The molecule has 2 aromatic rings. The van der Waals surface area contributed by atoms with Crippen LogP contribution in [0.1, 0.15) is 0 Å². The molecule has 1 aromatic carbocycles. The topological polar surface area (TPSA) is 68.3 Å². The van der Waals surface area contributed by atoms with E-state index in [0.29, 0.717) is 0 Å². The highest BCUT2D eigenvalue weighted by molar-refractivity contribution is 7.92. The van der Waals surface area contributed by atoms with E-state index >= 15 is 0 Å². The van der Waals surface area contributed by atoms with Crippen LogP contribution >= 0.6 is 11.6 Å². The Balaban J connectivity index is 2.36. The van der Waals surface area contributed by atoms with E-state index < -0.39 is 15.8 Å². The lowest BCUT2D eigenvalue weighted by molar-refractivity contribution is 0.385. The van der Waals surface area contributed by atoms with Gasteiger partial charge in [0, 0.05) is 6.20 Å². The maximum Gasteiger partial charge on any atom is 0.262 e. The van der Waals surface area contributed by atoms with Crippen molar-refractivity contribution in [2.24, 2.45) is 0 Å². The molecule has 0 radical (unpaired) electrons. The smallest absolute Gasteiger partial charge is 0.262 e. The molecule has 0 amide bonds. The second-order valence-electron chi connectivity index (χ2n) is 3.76. The lowest BCUT2D eigenvalue weighted by Gasteiger charge is -2.10. The highest BCUT2D eigenvalue weighted by Gasteiger charge is 2.18. The number of sulfonamides is 1. The highest BCUT2D eigenvalue weighted by atomic mass is 35.5. The summed E-state index contributed by atoms with van der Waals surface area (Å²) in [5.74, 6) is -0.809. The number of aromatic nitrogens is 1. The summed E-state index contributed by atoms with van der Waals surface area (Å²) in [4.78, 5) is 3.52. The molecule has 2 rings (SSSR count). The van der Waals surface area contributed by atoms with Crippen molar-refractivity contribution in [3.8, 4) is 5.75 Å². The van der Waals surface area contributed by atoms with Gasteiger partial charge in [-0.3, -0.25) is 9.71 Å². The van der Waals surface area contributed by atoms with Gasteiger partial charge in [-0.25, -0.2) is 12.8 Å². The lowest BCUT2D eigenvalue weighted by atomic mass is 10.3. The Morgan fingerprint density at radius 2 is 2.10 bits per heavy atom. The molecule has 20 heavy (non-hydrogen) atoms. The summed E-state index contributed by atoms with van der Waals surface area (Å²) in [7, 11) is -2.66. The molecule has 0 bridgehead atoms. The first-order valence-electron chi connectivity index (χ1n) is 5.40. The summed E-state index contributed by atoms with van der Waals surface area (Å²) >= 11 is 5.84. The number of nitrogens with zero attached hydrogens (tertiary/aromatic N) is 1. The average molecular weight is 317 g/mol. The highest BCUT2D eigenvalue weighted by Crippen LogP contribution is 2.25. The van der Waals surface area contributed by atoms with Crippen molar-refractivity contribution in [2.45, 2.75) is 4.90 Å². The molecule has 0 saturated heterocycles. The van der Waals surface area contributed by atoms with Gasteiger partial charge in [-0.15, -0.1) is 0 Å². The van der Waals surface area contributed by atoms with Crippen molar-refractivity contribution in [2.75, 3.05) is 11.8 Å². The maximum absolute atomic E-state index is 13.5. The van der Waals surface area contributed by atoms with Crippen LogP contribution in [-0.4, -0.2) is 20.5 Å². The molecule has 106 valence electrons. The quantitative estimate of drug-likeness (QED) is 0.941. The Morgan fingerprint density at radius 3 is 2.70 bits per heavy atom. The number of benzene rings is 1. The first kappa shape index (κ1) is 14.5. The van der Waals surface area contributed by atoms with Crippen LogP contribution in [0.15, 0.2) is 41.6 Å². The molecule has 0 aliphatic heterocycles. The minimum absolute atomic E-state index is 0.0386. The molecule has 0 saturated carbocycles. The Morgan fingerprint density at radius 1 is 1.35 bits per heavy atom. The third-order valence-corrected chi connectivity index (χ3v) is 4.14. The minimum atomic E-state index is -3.95. The van der Waals surface area contributed by atoms with E-state index in [1.54, 1.807) is 0 Å². The predicted octanol–water partition coefficient (Wildman–Crippen LogP) is 2.68. The fourth-order valence-corrected chi connectivity index (χ4v) is 2.75. The summed E-state index contributed by atoms with van der Waals surface area (Å²) < 4.78 is 44.7. The number of hydrogen-bond acceptors (Lipinski definition) is 4. The molecule has 1 aromatic heterocycles. The van der Waals surface area contributed by atoms with E-state index in [4.69, 9.17) is 16.3 Å². The van der Waals surface area contributed by atoms with Crippen LogP contribution in [-0.2, 0) is 10.0 Å². The van der Waals surface area contributed by atoms with Crippen LogP contribution in [0.5, 0.6) is 5.75 Å². The molecule has 1 heterocycles. The van der Waals surface area contributed by atoms with E-state index in [0.717, 1.165) is 6.07 Å². The molecule has 0 aliphatic rings. The zero-order valence-electron chi connectivity index (χ0n) is 10.3. The van der Waals surface area contributed by atoms with E-state index in [1.165, 1.54) is 37.7 Å². The van der Waals surface area contributed by atoms with E-state index in [1.807, 2.05) is 0 Å². The van der Waals surface area contributed by atoms with Crippen LogP contribution in [0, 0.1) is 5.82 Å². The zero-order valence-corrected chi connectivity index (χ0v) is 11.9. The summed E-state index contributed by atoms with van der Waals surface area (Å²) in [5.41, 5.74) is 0.116. The molecular weight excluding hydrogens is 307 g/mol. The fraction of sp³-hybridized carbons (Fsp3) is 0.0833. The third kappa shape index (κ3) is 3.00. The largest absolute Gasteiger partial charge is 0.494 e. The van der Waals surface area contributed by atoms with Crippen LogP contribution in [0.2, 0.25) is 5.02 Å². The van der Waals surface area contributed by atoms with Crippen molar-refractivity contribution in [1.29, 1.82) is 0 Å². The molecular formula is C12H10ClFN2O3S. The summed E-state index contributed by atoms with van der Waals surface area (Å²) in [6.07, 6.45) is 2.69. The van der Waals surface area contributed by atoms with Crippen molar-refractivity contribution in [3.05, 3.63) is 47.5 Å². The number of nitrogens with one attached hydrogen (secondary N) is 1. The summed E-state index contributed by atoms with van der Waals surface area (Å²) in [5, 5.41) is 0.192. The summed E-state index contributed by atoms with van der Waals surface area (Å²) in [6, 6.07) is 4.77. The lowest BCUT2D eigenvalue weighted by Crippen LogP contribution is -2.13. The monoisotopic (exact) mass is 316 g/mol. The van der Waals surface area contributed by atoms with Gasteiger partial charge in [-0.1, -0.05) is 11.6 Å². The minimum Gasteiger partial charge on any atom is -0.494 e. The number of methoxy groups -OCH3 is 1. The van der Waals surface area contributed by atoms with Gasteiger partial charge in [0.05, 0.1) is 28.9 Å². The van der Waals surface area contributed by atoms with Gasteiger partial charge in [-0.2, -0.15) is 0 Å². The third-order valence-electron chi connectivity index (χ3n) is 2.45. The first-order chi connectivity index (χ1) is 9.44. The van der Waals surface area contributed by atoms with Gasteiger partial charge in [0.1, 0.15) is 0 Å². The van der Waals surface area contributed by atoms with E-state index in [2.05, 4.69) is 9.71 Å². The zero-order chi connectivity index (χ0) is 14.8. The van der Waals surface area contributed by atoms with Crippen molar-refractivity contribution in [1.82, 2.24) is 4.98 Å². The van der Waals surface area contributed by atoms with Crippen LogP contribution in [0.25, 0.3) is 0 Å². The van der Waals surface area contributed by atoms with E-state index in [9.17, 15) is 12.8 Å². The molecule has 1 N–H and O–H groups in total. The van der Waals surface area contributed by atoms with Crippen molar-refractivity contribution >= 4 is 27.3 Å². The Hall–Kier alpha value is -1.86. The average Bonchev–Trinajstić information content (AvgIpc) is 2.41. The molecule has 0 spiro atoms. The number of halogens is 2. The van der Waals surface area contributed by atoms with Gasteiger partial charge in [-0.05, 0) is 24.3 Å². The van der Waals surface area contributed by atoms with Crippen LogP contribution in [0.4, 0.5) is 10.1 Å². The molecule has 5 nitrogen and oxygen atoms in total. The number of rotatable bonds is 4. The Kier molecular flexibility index (Phi) is 4.10. The Labute approximate surface area is 120 Å². The van der Waals surface area contributed by atoms with Gasteiger partial charge in [0.25, 0.3) is 10.0 Å². The normalized spacial score (nSPS) is 11.2. The van der Waals surface area contributed by atoms with Gasteiger partial charge < -0.3 is 4.74 Å². The molecule has 8 heteroatoms. The van der Waals surface area contributed by atoms with Crippen molar-refractivity contribution < 1.29 is 17.5 Å². The number of pyridine rings is 1. The maximum atomic E-state index is 13.5. The number of hydrogen-bond donors (Lipinski definition) is 1. The first-order valence-corrected chi connectivity index (χ1v) is 7.26. The Bertz CT molecular complexity index is 737. The van der Waals surface area contributed by atoms with Gasteiger partial charge in [0.2, 0.25) is 0 Å². The summed E-state index contributed by atoms with van der Waals surface area (Å²) in [6.45, 7) is 0. The van der Waals surface area contributed by atoms with E-state index in [-0.39, 0.29) is 21.4 Å². The second-order valence-corrected chi connectivity index (χ2v) is 5.85. The standard InChI is InChI=1S/C12H10ClFN2O3S/c1-19-12-3-2-8(6-10(12)14)20(17,18)16-11-7-15-5-4-9(11)13/h2-7,16H,1H3. The fourth-order valence-electron chi connectivity index (χ4n) is 1.47. The van der Waals surface area contributed by atoms with Gasteiger partial charge >= 0.3 is 0 Å². The number of anilines is 1. The molecule has 0 fully saturated rings. The second kappa shape index (κ2) is 5.64. The molecule has 0 unspecified atom stereocenters. The van der Waals surface area contributed by atoms with Crippen LogP contribution in [0.3, 0.4) is 0 Å². The number of ether oxygens (including phenoxy) is 1. The van der Waals surface area contributed by atoms with Crippen molar-refractivity contribution in [3.63, 3.8) is 0 Å². The van der Waals surface area contributed by atoms with Gasteiger partial charge in [0.15, 0.2) is 11.6 Å². The van der Waals surface area contributed by atoms with Crippen LogP contribution < -0.4 is 9.46 Å². The SMILES string of the molecule is COc1ccc(S(=O)(=O)Nc2cnccc2Cl)cc1F. The molecule has 0 atom stereocenters.